The van der Waals surface area contributed by atoms with Crippen molar-refractivity contribution in [1.82, 2.24) is 0 Å². The molecule has 0 spiro atoms. The zero-order valence-electron chi connectivity index (χ0n) is 14.1. The summed E-state index contributed by atoms with van der Waals surface area (Å²) in [4.78, 5) is 0. The molecule has 0 atom stereocenters. The molecular weight excluding hydrogens is 332 g/mol. The van der Waals surface area contributed by atoms with Crippen LogP contribution in [0, 0.1) is 0 Å². The van der Waals surface area contributed by atoms with Crippen molar-refractivity contribution in [3.63, 3.8) is 0 Å². The maximum Gasteiger partial charge on any atom is 0.150 e. The molecule has 2 N–H and O–H groups in total. The molecule has 0 unspecified atom stereocenters. The van der Waals surface area contributed by atoms with Gasteiger partial charge >= 0.3 is 0 Å². The summed E-state index contributed by atoms with van der Waals surface area (Å²) < 4.78 is 5.99. The van der Waals surface area contributed by atoms with E-state index < -0.39 is 0 Å². The van der Waals surface area contributed by atoms with E-state index in [0.29, 0.717) is 11.6 Å². The predicted molar refractivity (Wildman–Crippen MR) is 106 cm³/mol. The lowest BCUT2D eigenvalue weighted by molar-refractivity contribution is 0.484. The second kappa shape index (κ2) is 8.45. The smallest absolute Gasteiger partial charge is 0.150 e. The minimum Gasteiger partial charge on any atom is -0.455 e. The summed E-state index contributed by atoms with van der Waals surface area (Å²) in [6, 6.07) is 23.6. The second-order valence-electron chi connectivity index (χ2n) is 5.59. The Hall–Kier alpha value is -2.65. The van der Waals surface area contributed by atoms with Gasteiger partial charge in [0.15, 0.2) is 5.75 Å². The Kier molecular flexibility index (Phi) is 5.81. The number of benzene rings is 3. The molecule has 0 bridgehead atoms. The number of halogens is 1. The lowest BCUT2D eigenvalue weighted by Gasteiger charge is -2.15. The lowest BCUT2D eigenvalue weighted by Crippen LogP contribution is -2.06. The minimum absolute atomic E-state index is 0.693. The number of nitrogens with one attached hydrogen (secondary N) is 2. The van der Waals surface area contributed by atoms with Gasteiger partial charge in [-0.05, 0) is 55.0 Å². The molecule has 4 heteroatoms. The van der Waals surface area contributed by atoms with E-state index in [1.807, 2.05) is 60.7 Å². The van der Waals surface area contributed by atoms with Crippen LogP contribution in [-0.2, 0) is 6.54 Å². The second-order valence-corrected chi connectivity index (χ2v) is 6.03. The van der Waals surface area contributed by atoms with Gasteiger partial charge in [-0.1, -0.05) is 41.9 Å². The fourth-order valence-corrected chi connectivity index (χ4v) is 2.69. The van der Waals surface area contributed by atoms with Gasteiger partial charge in [-0.3, -0.25) is 0 Å². The van der Waals surface area contributed by atoms with Gasteiger partial charge in [0.25, 0.3) is 0 Å². The van der Waals surface area contributed by atoms with Crippen LogP contribution in [0.2, 0.25) is 5.02 Å². The van der Waals surface area contributed by atoms with Crippen LogP contribution in [-0.4, -0.2) is 6.54 Å². The Morgan fingerprint density at radius 3 is 2.24 bits per heavy atom. The van der Waals surface area contributed by atoms with Crippen LogP contribution in [0.4, 0.5) is 11.4 Å². The standard InChI is InChI=1S/C21H21ClN2O/c1-2-23-19-8-4-3-7-16(19)15-24-20-9-5-6-10-21(20)25-18-13-11-17(22)12-14-18/h3-14,23-24H,2,15H2,1H3. The summed E-state index contributed by atoms with van der Waals surface area (Å²) in [6.07, 6.45) is 0. The molecule has 25 heavy (non-hydrogen) atoms. The molecule has 0 amide bonds. The minimum atomic E-state index is 0.693. The highest BCUT2D eigenvalue weighted by molar-refractivity contribution is 6.30. The van der Waals surface area contributed by atoms with E-state index >= 15 is 0 Å². The topological polar surface area (TPSA) is 33.3 Å². The fraction of sp³-hybridized carbons (Fsp3) is 0.143. The van der Waals surface area contributed by atoms with Crippen molar-refractivity contribution >= 4 is 23.0 Å². The normalized spacial score (nSPS) is 10.3. The van der Waals surface area contributed by atoms with Gasteiger partial charge in [0.2, 0.25) is 0 Å². The molecule has 0 heterocycles. The first kappa shape index (κ1) is 17.2. The van der Waals surface area contributed by atoms with Gasteiger partial charge in [-0.2, -0.15) is 0 Å². The van der Waals surface area contributed by atoms with Gasteiger partial charge in [0.1, 0.15) is 5.75 Å². The van der Waals surface area contributed by atoms with Crippen LogP contribution in [0.15, 0.2) is 72.8 Å². The molecule has 0 aliphatic carbocycles. The number of ether oxygens (including phenoxy) is 1. The Labute approximate surface area is 153 Å². The molecule has 0 aliphatic rings. The number of anilines is 2. The highest BCUT2D eigenvalue weighted by Crippen LogP contribution is 2.30. The zero-order valence-corrected chi connectivity index (χ0v) is 14.9. The highest BCUT2D eigenvalue weighted by atomic mass is 35.5. The van der Waals surface area contributed by atoms with Crippen LogP contribution < -0.4 is 15.4 Å². The van der Waals surface area contributed by atoms with E-state index in [2.05, 4.69) is 29.7 Å². The largest absolute Gasteiger partial charge is 0.455 e. The maximum atomic E-state index is 5.99. The van der Waals surface area contributed by atoms with Crippen molar-refractivity contribution in [1.29, 1.82) is 0 Å². The van der Waals surface area contributed by atoms with Crippen molar-refractivity contribution < 1.29 is 4.74 Å². The van der Waals surface area contributed by atoms with E-state index in [1.165, 1.54) is 5.56 Å². The summed E-state index contributed by atoms with van der Waals surface area (Å²) in [6.45, 7) is 3.71. The molecule has 0 saturated carbocycles. The molecular formula is C21H21ClN2O. The van der Waals surface area contributed by atoms with Gasteiger partial charge in [0.05, 0.1) is 5.69 Å². The van der Waals surface area contributed by atoms with Crippen LogP contribution in [0.5, 0.6) is 11.5 Å². The van der Waals surface area contributed by atoms with Crippen LogP contribution in [0.3, 0.4) is 0 Å². The first-order valence-corrected chi connectivity index (χ1v) is 8.72. The van der Waals surface area contributed by atoms with Gasteiger partial charge in [-0.15, -0.1) is 0 Å². The molecule has 0 aromatic heterocycles. The molecule has 128 valence electrons. The van der Waals surface area contributed by atoms with E-state index in [9.17, 15) is 0 Å². The Morgan fingerprint density at radius 2 is 1.48 bits per heavy atom. The molecule has 0 radical (unpaired) electrons. The van der Waals surface area contributed by atoms with Crippen LogP contribution in [0.1, 0.15) is 12.5 Å². The Bertz CT molecular complexity index is 818. The average molecular weight is 353 g/mol. The number of hydrogen-bond donors (Lipinski definition) is 2. The van der Waals surface area contributed by atoms with E-state index in [0.717, 1.165) is 29.4 Å². The molecule has 3 aromatic carbocycles. The molecule has 3 nitrogen and oxygen atoms in total. The maximum absolute atomic E-state index is 5.99. The Morgan fingerprint density at radius 1 is 0.800 bits per heavy atom. The van der Waals surface area contributed by atoms with Gasteiger partial charge in [0, 0.05) is 23.8 Å². The van der Waals surface area contributed by atoms with Crippen molar-refractivity contribution in [2.45, 2.75) is 13.5 Å². The van der Waals surface area contributed by atoms with Crippen LogP contribution >= 0.6 is 11.6 Å². The summed E-state index contributed by atoms with van der Waals surface area (Å²) in [5.74, 6) is 1.54. The van der Waals surface area contributed by atoms with Gasteiger partial charge in [-0.25, -0.2) is 0 Å². The zero-order chi connectivity index (χ0) is 17.5. The van der Waals surface area contributed by atoms with Gasteiger partial charge < -0.3 is 15.4 Å². The molecule has 0 aliphatic heterocycles. The third-order valence-electron chi connectivity index (χ3n) is 3.78. The van der Waals surface area contributed by atoms with Crippen molar-refractivity contribution in [2.75, 3.05) is 17.2 Å². The van der Waals surface area contributed by atoms with E-state index in [-0.39, 0.29) is 0 Å². The quantitative estimate of drug-likeness (QED) is 0.533. The van der Waals surface area contributed by atoms with Crippen LogP contribution in [0.25, 0.3) is 0 Å². The van der Waals surface area contributed by atoms with E-state index in [1.54, 1.807) is 0 Å². The average Bonchev–Trinajstić information content (AvgIpc) is 2.64. The molecule has 3 aromatic rings. The fourth-order valence-electron chi connectivity index (χ4n) is 2.56. The predicted octanol–water partition coefficient (Wildman–Crippen LogP) is 6.18. The number of para-hydroxylation sites is 3. The third kappa shape index (κ3) is 4.68. The first-order valence-electron chi connectivity index (χ1n) is 8.34. The molecule has 3 rings (SSSR count). The van der Waals surface area contributed by atoms with Crippen molar-refractivity contribution in [2.24, 2.45) is 0 Å². The highest BCUT2D eigenvalue weighted by Gasteiger charge is 2.06. The molecule has 0 saturated heterocycles. The summed E-state index contributed by atoms with van der Waals surface area (Å²) >= 11 is 5.93. The Balaban J connectivity index is 1.74. The SMILES string of the molecule is CCNc1ccccc1CNc1ccccc1Oc1ccc(Cl)cc1. The molecule has 0 fully saturated rings. The number of hydrogen-bond acceptors (Lipinski definition) is 3. The number of rotatable bonds is 7. The van der Waals surface area contributed by atoms with E-state index in [4.69, 9.17) is 16.3 Å². The summed E-state index contributed by atoms with van der Waals surface area (Å²) in [5.41, 5.74) is 3.31. The third-order valence-corrected chi connectivity index (χ3v) is 4.03. The van der Waals surface area contributed by atoms with Crippen molar-refractivity contribution in [3.05, 3.63) is 83.4 Å². The monoisotopic (exact) mass is 352 g/mol. The summed E-state index contributed by atoms with van der Waals surface area (Å²) in [7, 11) is 0. The summed E-state index contributed by atoms with van der Waals surface area (Å²) in [5, 5.41) is 7.55. The first-order chi connectivity index (χ1) is 12.3. The lowest BCUT2D eigenvalue weighted by atomic mass is 10.1. The van der Waals surface area contributed by atoms with Crippen molar-refractivity contribution in [3.8, 4) is 11.5 Å².